The maximum atomic E-state index is 13.7. The Morgan fingerprint density at radius 2 is 1.71 bits per heavy atom. The number of nitrogens with zero attached hydrogens (tertiary/aromatic N) is 1. The molecule has 6 aromatic rings. The third-order valence-electron chi connectivity index (χ3n) is 7.43. The molecule has 0 fully saturated rings. The molecule has 49 heavy (non-hydrogen) atoms. The van der Waals surface area contributed by atoms with Gasteiger partial charge in [-0.05, 0) is 61.0 Å². The lowest BCUT2D eigenvalue weighted by Gasteiger charge is -2.15. The zero-order chi connectivity index (χ0) is 34.3. The van der Waals surface area contributed by atoms with Gasteiger partial charge in [0, 0.05) is 49.8 Å². The van der Waals surface area contributed by atoms with E-state index in [9.17, 15) is 14.4 Å². The molecule has 4 aromatic carbocycles. The summed E-state index contributed by atoms with van der Waals surface area (Å²) >= 11 is 14.9. The molecule has 0 aliphatic carbocycles. The minimum atomic E-state index is -0.497. The maximum Gasteiger partial charge on any atom is 0.272 e. The number of amides is 3. The smallest absolute Gasteiger partial charge is 0.272 e. The molecule has 0 aliphatic rings. The van der Waals surface area contributed by atoms with Crippen molar-refractivity contribution in [3.05, 3.63) is 136 Å². The van der Waals surface area contributed by atoms with E-state index in [0.29, 0.717) is 38.5 Å². The average Bonchev–Trinajstić information content (AvgIpc) is 3.75. The molecule has 0 aliphatic heterocycles. The summed E-state index contributed by atoms with van der Waals surface area (Å²) in [5.41, 5.74) is 4.14. The molecule has 4 N–H and O–H groups in total. The third-order valence-corrected chi connectivity index (χ3v) is 10.3. The van der Waals surface area contributed by atoms with Crippen LogP contribution in [0, 0.1) is 0 Å². The van der Waals surface area contributed by atoms with E-state index in [-0.39, 0.29) is 11.6 Å². The summed E-state index contributed by atoms with van der Waals surface area (Å²) < 4.78 is 0. The summed E-state index contributed by atoms with van der Waals surface area (Å²) in [7, 11) is 0. The van der Waals surface area contributed by atoms with Gasteiger partial charge in [-0.2, -0.15) is 0 Å². The zero-order valence-electron chi connectivity index (χ0n) is 26.0. The first-order valence-electron chi connectivity index (χ1n) is 15.2. The largest absolute Gasteiger partial charge is 0.361 e. The summed E-state index contributed by atoms with van der Waals surface area (Å²) in [6, 6.07) is 28.9. The van der Waals surface area contributed by atoms with Crippen LogP contribution in [-0.2, 0) is 9.59 Å². The van der Waals surface area contributed by atoms with E-state index in [4.69, 9.17) is 23.2 Å². The van der Waals surface area contributed by atoms with E-state index >= 15 is 0 Å². The lowest BCUT2D eigenvalue weighted by molar-refractivity contribution is -0.116. The van der Waals surface area contributed by atoms with Crippen LogP contribution in [0.1, 0.15) is 29.3 Å². The number of carbonyl (C=O) groups excluding carboxylic acids is 3. The van der Waals surface area contributed by atoms with Gasteiger partial charge in [0.15, 0.2) is 5.13 Å². The summed E-state index contributed by atoms with van der Waals surface area (Å²) in [5.74, 6) is -1.10. The van der Waals surface area contributed by atoms with Crippen LogP contribution in [0.4, 0.5) is 10.8 Å². The quantitative estimate of drug-likeness (QED) is 0.0784. The molecule has 0 bridgehead atoms. The Morgan fingerprint density at radius 1 is 0.918 bits per heavy atom. The van der Waals surface area contributed by atoms with Gasteiger partial charge < -0.3 is 20.9 Å². The first-order valence-corrected chi connectivity index (χ1v) is 17.7. The van der Waals surface area contributed by atoms with Crippen LogP contribution in [0.2, 0.25) is 10.0 Å². The number of rotatable bonds is 11. The first-order chi connectivity index (χ1) is 23.8. The molecular weight excluding hydrogens is 697 g/mol. The number of aromatic nitrogens is 2. The molecule has 3 amide bonds. The van der Waals surface area contributed by atoms with Crippen LogP contribution in [0.25, 0.3) is 28.2 Å². The van der Waals surface area contributed by atoms with Crippen molar-refractivity contribution in [2.45, 2.75) is 23.5 Å². The Balaban J connectivity index is 1.16. The highest BCUT2D eigenvalue weighted by molar-refractivity contribution is 8.00. The minimum Gasteiger partial charge on any atom is -0.361 e. The van der Waals surface area contributed by atoms with Gasteiger partial charge in [0.1, 0.15) is 5.70 Å². The monoisotopic (exact) mass is 725 g/mol. The number of fused-ring (bicyclic) bond motifs is 1. The van der Waals surface area contributed by atoms with Crippen LogP contribution in [0.15, 0.2) is 119 Å². The second-order valence-electron chi connectivity index (χ2n) is 10.8. The molecule has 1 atom stereocenters. The number of anilines is 2. The molecule has 246 valence electrons. The molecule has 12 heteroatoms. The number of thiazole rings is 1. The summed E-state index contributed by atoms with van der Waals surface area (Å²) in [5, 5.41) is 12.3. The van der Waals surface area contributed by atoms with Gasteiger partial charge in [0.25, 0.3) is 11.8 Å². The van der Waals surface area contributed by atoms with Crippen molar-refractivity contribution >= 4 is 91.8 Å². The van der Waals surface area contributed by atoms with Crippen molar-refractivity contribution in [1.82, 2.24) is 15.3 Å². The second kappa shape index (κ2) is 15.6. The van der Waals surface area contributed by atoms with E-state index in [1.165, 1.54) is 23.1 Å². The molecular formula is C37H29Cl2N5O3S2. The van der Waals surface area contributed by atoms with E-state index in [1.807, 2.05) is 54.8 Å². The van der Waals surface area contributed by atoms with Crippen molar-refractivity contribution < 1.29 is 14.4 Å². The molecule has 1 unspecified atom stereocenters. The van der Waals surface area contributed by atoms with Gasteiger partial charge in [-0.15, -0.1) is 23.1 Å². The van der Waals surface area contributed by atoms with Crippen LogP contribution in [-0.4, -0.2) is 32.9 Å². The van der Waals surface area contributed by atoms with Gasteiger partial charge >= 0.3 is 0 Å². The molecule has 0 radical (unpaired) electrons. The van der Waals surface area contributed by atoms with E-state index in [1.54, 1.807) is 66.9 Å². The van der Waals surface area contributed by atoms with Crippen LogP contribution in [0.5, 0.6) is 0 Å². The molecule has 2 heterocycles. The molecule has 0 spiro atoms. The van der Waals surface area contributed by atoms with Gasteiger partial charge in [0.05, 0.1) is 21.0 Å². The first kappa shape index (κ1) is 34.0. The topological polar surface area (TPSA) is 116 Å². The SMILES string of the molecule is CCC(Sc1cccc(NC(=O)/C(=C/c2c[nH]c3ccccc23)NC(=O)c2ccccc2)c1)C(=O)Nc1nc(-c2ccc(Cl)c(Cl)c2)cs1. The second-order valence-corrected chi connectivity index (χ2v) is 13.8. The Labute approximate surface area is 301 Å². The van der Waals surface area contributed by atoms with Crippen LogP contribution >= 0.6 is 46.3 Å². The molecule has 0 saturated carbocycles. The number of nitrogens with one attached hydrogen (secondary N) is 4. The number of carbonyl (C=O) groups is 3. The Morgan fingerprint density at radius 3 is 2.51 bits per heavy atom. The van der Waals surface area contributed by atoms with Crippen molar-refractivity contribution in [1.29, 1.82) is 0 Å². The number of hydrogen-bond donors (Lipinski definition) is 4. The number of hydrogen-bond acceptors (Lipinski definition) is 6. The lowest BCUT2D eigenvalue weighted by Crippen LogP contribution is -2.30. The fraction of sp³-hybridized carbons (Fsp3) is 0.0811. The van der Waals surface area contributed by atoms with Gasteiger partial charge in [-0.3, -0.25) is 14.4 Å². The Kier molecular flexibility index (Phi) is 10.8. The van der Waals surface area contributed by atoms with Crippen molar-refractivity contribution in [2.75, 3.05) is 10.6 Å². The maximum absolute atomic E-state index is 13.7. The minimum absolute atomic E-state index is 0.0752. The Bertz CT molecular complexity index is 2180. The Hall–Kier alpha value is -4.87. The number of benzene rings is 4. The molecule has 8 nitrogen and oxygen atoms in total. The number of para-hydroxylation sites is 1. The number of thioether (sulfide) groups is 1. The number of H-pyrrole nitrogens is 1. The van der Waals surface area contributed by atoms with Crippen LogP contribution in [0.3, 0.4) is 0 Å². The predicted molar refractivity (Wildman–Crippen MR) is 201 cm³/mol. The van der Waals surface area contributed by atoms with Gasteiger partial charge in [-0.1, -0.05) is 78.7 Å². The number of aromatic amines is 1. The highest BCUT2D eigenvalue weighted by atomic mass is 35.5. The van der Waals surface area contributed by atoms with E-state index in [2.05, 4.69) is 25.9 Å². The molecule has 6 rings (SSSR count). The lowest BCUT2D eigenvalue weighted by atomic mass is 10.1. The van der Waals surface area contributed by atoms with Crippen molar-refractivity contribution in [3.63, 3.8) is 0 Å². The highest BCUT2D eigenvalue weighted by Crippen LogP contribution is 2.32. The van der Waals surface area contributed by atoms with Crippen molar-refractivity contribution in [2.24, 2.45) is 0 Å². The van der Waals surface area contributed by atoms with Crippen molar-refractivity contribution in [3.8, 4) is 11.3 Å². The fourth-order valence-corrected chi connectivity index (χ4v) is 6.98. The van der Waals surface area contributed by atoms with E-state index < -0.39 is 17.1 Å². The normalized spacial score (nSPS) is 12.0. The molecule has 2 aromatic heterocycles. The van der Waals surface area contributed by atoms with Gasteiger partial charge in [-0.25, -0.2) is 4.98 Å². The third kappa shape index (κ3) is 8.41. The summed E-state index contributed by atoms with van der Waals surface area (Å²) in [4.78, 5) is 48.6. The summed E-state index contributed by atoms with van der Waals surface area (Å²) in [6.07, 6.45) is 4.00. The van der Waals surface area contributed by atoms with Crippen LogP contribution < -0.4 is 16.0 Å². The predicted octanol–water partition coefficient (Wildman–Crippen LogP) is 9.52. The summed E-state index contributed by atoms with van der Waals surface area (Å²) in [6.45, 7) is 1.93. The number of halogens is 2. The van der Waals surface area contributed by atoms with Gasteiger partial charge in [0.2, 0.25) is 5.91 Å². The molecule has 0 saturated heterocycles. The highest BCUT2D eigenvalue weighted by Gasteiger charge is 2.21. The standard InChI is InChI=1S/C37H29Cl2N5O3S2/c1-2-33(36(47)44-37-43-32(21-48-37)23-15-16-28(38)29(39)17-23)49-26-12-8-11-25(19-26)41-35(46)31(42-34(45)22-9-4-3-5-10-22)18-24-20-40-30-14-7-6-13-27(24)30/h3-21,33,40H,2H2,1H3,(H,41,46)(H,42,45)(H,43,44,47)/b31-18-. The van der Waals surface area contributed by atoms with E-state index in [0.717, 1.165) is 26.9 Å². The average molecular weight is 727 g/mol. The zero-order valence-corrected chi connectivity index (χ0v) is 29.1. The fourth-order valence-electron chi connectivity index (χ4n) is 4.95.